The Hall–Kier alpha value is -1.60. The van der Waals surface area contributed by atoms with Crippen molar-refractivity contribution in [1.82, 2.24) is 4.90 Å². The number of carbonyl (C=O) groups excluding carboxylic acids is 1. The number of benzene rings is 1. The Morgan fingerprint density at radius 3 is 2.67 bits per heavy atom. The topological polar surface area (TPSA) is 76.1 Å². The summed E-state index contributed by atoms with van der Waals surface area (Å²) in [4.78, 5) is 25.1. The number of ether oxygens (including phenoxy) is 2. The molecule has 0 radical (unpaired) electrons. The molecule has 1 saturated heterocycles. The van der Waals surface area contributed by atoms with Crippen LogP contribution >= 0.6 is 15.9 Å². The smallest absolute Gasteiger partial charge is 0.339 e. The Morgan fingerprint density at radius 1 is 1.38 bits per heavy atom. The lowest BCUT2D eigenvalue weighted by Crippen LogP contribution is -2.46. The van der Waals surface area contributed by atoms with Crippen LogP contribution in [-0.2, 0) is 9.53 Å². The molecule has 0 bridgehead atoms. The third kappa shape index (κ3) is 3.95. The van der Waals surface area contributed by atoms with E-state index in [-0.39, 0.29) is 17.2 Å². The Kier molecular flexibility index (Phi) is 5.19. The second kappa shape index (κ2) is 6.91. The van der Waals surface area contributed by atoms with Crippen molar-refractivity contribution >= 4 is 27.8 Å². The van der Waals surface area contributed by atoms with Crippen LogP contribution in [0.2, 0.25) is 0 Å². The van der Waals surface area contributed by atoms with Gasteiger partial charge in [-0.05, 0) is 25.1 Å². The quantitative estimate of drug-likeness (QED) is 0.888. The molecule has 21 heavy (non-hydrogen) atoms. The van der Waals surface area contributed by atoms with Gasteiger partial charge in [0.2, 0.25) is 0 Å². The monoisotopic (exact) mass is 357 g/mol. The highest BCUT2D eigenvalue weighted by atomic mass is 79.9. The highest BCUT2D eigenvalue weighted by Gasteiger charge is 2.25. The van der Waals surface area contributed by atoms with Crippen LogP contribution in [0.25, 0.3) is 0 Å². The van der Waals surface area contributed by atoms with E-state index in [4.69, 9.17) is 14.6 Å². The molecule has 7 heteroatoms. The molecule has 6 nitrogen and oxygen atoms in total. The summed E-state index contributed by atoms with van der Waals surface area (Å²) in [6.45, 7) is 3.68. The van der Waals surface area contributed by atoms with E-state index in [1.54, 1.807) is 24.0 Å². The first kappa shape index (κ1) is 15.8. The van der Waals surface area contributed by atoms with Gasteiger partial charge in [0.25, 0.3) is 5.91 Å². The van der Waals surface area contributed by atoms with Gasteiger partial charge >= 0.3 is 5.97 Å². The lowest BCUT2D eigenvalue weighted by atomic mass is 10.2. The molecule has 0 spiro atoms. The van der Waals surface area contributed by atoms with Crippen LogP contribution in [0.3, 0.4) is 0 Å². The van der Waals surface area contributed by atoms with Crippen molar-refractivity contribution in [2.24, 2.45) is 0 Å². The van der Waals surface area contributed by atoms with Crippen molar-refractivity contribution < 1.29 is 24.2 Å². The minimum absolute atomic E-state index is 0.0276. The molecule has 0 aliphatic carbocycles. The van der Waals surface area contributed by atoms with Crippen molar-refractivity contribution in [3.8, 4) is 5.75 Å². The van der Waals surface area contributed by atoms with E-state index in [1.807, 2.05) is 0 Å². The molecular formula is C14H16BrNO5. The normalized spacial score (nSPS) is 16.4. The molecule has 1 N–H and O–H groups in total. The van der Waals surface area contributed by atoms with Crippen molar-refractivity contribution in [2.75, 3.05) is 26.3 Å². The van der Waals surface area contributed by atoms with Gasteiger partial charge in [-0.25, -0.2) is 4.79 Å². The molecule has 1 amide bonds. The summed E-state index contributed by atoms with van der Waals surface area (Å²) >= 11 is 3.26. The first-order chi connectivity index (χ1) is 9.99. The molecule has 1 fully saturated rings. The minimum Gasteiger partial charge on any atom is -0.480 e. The minimum atomic E-state index is -1.09. The Labute approximate surface area is 130 Å². The average molecular weight is 358 g/mol. The fourth-order valence-corrected chi connectivity index (χ4v) is 2.39. The predicted octanol–water partition coefficient (Wildman–Crippen LogP) is 1.77. The highest BCUT2D eigenvalue weighted by molar-refractivity contribution is 9.10. The molecule has 1 atom stereocenters. The van der Waals surface area contributed by atoms with E-state index >= 15 is 0 Å². The third-order valence-electron chi connectivity index (χ3n) is 3.15. The first-order valence-electron chi connectivity index (χ1n) is 6.55. The Balaban J connectivity index is 2.11. The number of nitrogens with zero attached hydrogens (tertiary/aromatic N) is 1. The molecule has 114 valence electrons. The Bertz CT molecular complexity index is 542. The lowest BCUT2D eigenvalue weighted by Gasteiger charge is -2.29. The van der Waals surface area contributed by atoms with Gasteiger partial charge in [-0.3, -0.25) is 4.79 Å². The van der Waals surface area contributed by atoms with Crippen molar-refractivity contribution in [3.05, 3.63) is 28.2 Å². The van der Waals surface area contributed by atoms with Crippen LogP contribution in [-0.4, -0.2) is 54.3 Å². The third-order valence-corrected chi connectivity index (χ3v) is 3.64. The van der Waals surface area contributed by atoms with Gasteiger partial charge in [0.15, 0.2) is 6.10 Å². The standard InChI is InChI=1S/C14H16BrNO5/c1-9(13(17)16-4-6-20-7-5-16)21-12-8-10(15)2-3-11(12)14(18)19/h2-3,8-9H,4-7H2,1H3,(H,18,19). The van der Waals surface area contributed by atoms with Gasteiger partial charge in [-0.1, -0.05) is 15.9 Å². The van der Waals surface area contributed by atoms with Gasteiger partial charge in [-0.2, -0.15) is 0 Å². The van der Waals surface area contributed by atoms with E-state index in [2.05, 4.69) is 15.9 Å². The number of carbonyl (C=O) groups is 2. The van der Waals surface area contributed by atoms with Crippen LogP contribution in [0, 0.1) is 0 Å². The van der Waals surface area contributed by atoms with Crippen LogP contribution in [0.5, 0.6) is 5.75 Å². The van der Waals surface area contributed by atoms with Crippen LogP contribution < -0.4 is 4.74 Å². The zero-order chi connectivity index (χ0) is 15.4. The van der Waals surface area contributed by atoms with Gasteiger partial charge in [0.05, 0.1) is 13.2 Å². The van der Waals surface area contributed by atoms with E-state index in [1.165, 1.54) is 6.07 Å². The van der Waals surface area contributed by atoms with E-state index in [0.29, 0.717) is 30.8 Å². The summed E-state index contributed by atoms with van der Waals surface area (Å²) in [5, 5.41) is 9.15. The molecule has 1 aromatic carbocycles. The maximum absolute atomic E-state index is 12.3. The number of hydrogen-bond donors (Lipinski definition) is 1. The number of carboxylic acid groups (broad SMARTS) is 1. The number of rotatable bonds is 4. The second-order valence-electron chi connectivity index (χ2n) is 4.64. The summed E-state index contributed by atoms with van der Waals surface area (Å²) in [7, 11) is 0. The molecule has 0 saturated carbocycles. The first-order valence-corrected chi connectivity index (χ1v) is 7.34. The second-order valence-corrected chi connectivity index (χ2v) is 5.56. The molecule has 1 unspecified atom stereocenters. The number of morpholine rings is 1. The summed E-state index contributed by atoms with van der Waals surface area (Å²) < 4.78 is 11.4. The highest BCUT2D eigenvalue weighted by Crippen LogP contribution is 2.25. The average Bonchev–Trinajstić information content (AvgIpc) is 2.47. The number of hydrogen-bond acceptors (Lipinski definition) is 4. The molecule has 1 aliphatic rings. The van der Waals surface area contributed by atoms with E-state index < -0.39 is 12.1 Å². The van der Waals surface area contributed by atoms with E-state index in [9.17, 15) is 9.59 Å². The van der Waals surface area contributed by atoms with Gasteiger partial charge < -0.3 is 19.5 Å². The molecule has 1 aromatic rings. The zero-order valence-electron chi connectivity index (χ0n) is 11.5. The number of carboxylic acids is 1. The summed E-state index contributed by atoms with van der Waals surface area (Å²) in [6.07, 6.45) is -0.754. The zero-order valence-corrected chi connectivity index (χ0v) is 13.1. The van der Waals surface area contributed by atoms with Crippen LogP contribution in [0.4, 0.5) is 0 Å². The summed E-state index contributed by atoms with van der Waals surface area (Å²) in [5.41, 5.74) is 0.0276. The number of halogens is 1. The molecule has 1 aliphatic heterocycles. The molecule has 0 aromatic heterocycles. The van der Waals surface area contributed by atoms with Gasteiger partial charge in [0.1, 0.15) is 11.3 Å². The maximum atomic E-state index is 12.3. The summed E-state index contributed by atoms with van der Waals surface area (Å²) in [5.74, 6) is -1.09. The SMILES string of the molecule is CC(Oc1cc(Br)ccc1C(=O)O)C(=O)N1CCOCC1. The van der Waals surface area contributed by atoms with Crippen LogP contribution in [0.15, 0.2) is 22.7 Å². The maximum Gasteiger partial charge on any atom is 0.339 e. The number of aromatic carboxylic acids is 1. The molecule has 1 heterocycles. The van der Waals surface area contributed by atoms with Crippen LogP contribution in [0.1, 0.15) is 17.3 Å². The van der Waals surface area contributed by atoms with Crippen molar-refractivity contribution in [2.45, 2.75) is 13.0 Å². The summed E-state index contributed by atoms with van der Waals surface area (Å²) in [6, 6.07) is 4.60. The fraction of sp³-hybridized carbons (Fsp3) is 0.429. The van der Waals surface area contributed by atoms with Gasteiger partial charge in [0, 0.05) is 17.6 Å². The van der Waals surface area contributed by atoms with E-state index in [0.717, 1.165) is 0 Å². The van der Waals surface area contributed by atoms with Gasteiger partial charge in [-0.15, -0.1) is 0 Å². The fourth-order valence-electron chi connectivity index (χ4n) is 2.05. The van der Waals surface area contributed by atoms with Crippen molar-refractivity contribution in [1.29, 1.82) is 0 Å². The largest absolute Gasteiger partial charge is 0.480 e. The Morgan fingerprint density at radius 2 is 2.05 bits per heavy atom. The predicted molar refractivity (Wildman–Crippen MR) is 78.6 cm³/mol. The molecule has 2 rings (SSSR count). The molecular weight excluding hydrogens is 342 g/mol. The lowest BCUT2D eigenvalue weighted by molar-refractivity contribution is -0.142. The van der Waals surface area contributed by atoms with Crippen molar-refractivity contribution in [3.63, 3.8) is 0 Å². The number of amides is 1.